The summed E-state index contributed by atoms with van der Waals surface area (Å²) in [6, 6.07) is 14.9. The van der Waals surface area contributed by atoms with Crippen molar-refractivity contribution in [1.29, 1.82) is 0 Å². The number of ether oxygens (including phenoxy) is 1. The molecule has 122 valence electrons. The number of nitrogens with one attached hydrogen (secondary N) is 1. The highest BCUT2D eigenvalue weighted by atomic mass is 16.5. The average molecular weight is 312 g/mol. The lowest BCUT2D eigenvalue weighted by atomic mass is 9.87. The van der Waals surface area contributed by atoms with Crippen LogP contribution in [0.3, 0.4) is 0 Å². The van der Waals surface area contributed by atoms with Gasteiger partial charge in [-0.1, -0.05) is 32.9 Å². The summed E-state index contributed by atoms with van der Waals surface area (Å²) >= 11 is 0. The fourth-order valence-electron chi connectivity index (χ4n) is 2.10. The Bertz CT molecular complexity index is 655. The van der Waals surface area contributed by atoms with Crippen LogP contribution in [0.1, 0.15) is 33.3 Å². The number of nitrogens with two attached hydrogens (primary N) is 1. The first-order valence-corrected chi connectivity index (χ1v) is 7.69. The second-order valence-electron chi connectivity index (χ2n) is 6.65. The topological polar surface area (TPSA) is 64.3 Å². The standard InChI is InChI=1S/C19H24N2O2/c1-13(18(22)21-16-9-7-15(20)8-10-16)23-17-11-5-14(6-12-17)19(2,3)4/h5-13H,20H2,1-4H3,(H,21,22). The van der Waals surface area contributed by atoms with Gasteiger partial charge in [0, 0.05) is 11.4 Å². The van der Waals surface area contributed by atoms with Gasteiger partial charge >= 0.3 is 0 Å². The minimum atomic E-state index is -0.590. The van der Waals surface area contributed by atoms with Gasteiger partial charge in [0.25, 0.3) is 5.91 Å². The van der Waals surface area contributed by atoms with Gasteiger partial charge in [-0.15, -0.1) is 0 Å². The Balaban J connectivity index is 1.96. The SMILES string of the molecule is CC(Oc1ccc(C(C)(C)C)cc1)C(=O)Nc1ccc(N)cc1. The monoisotopic (exact) mass is 312 g/mol. The van der Waals surface area contributed by atoms with Gasteiger partial charge in [-0.3, -0.25) is 4.79 Å². The minimum absolute atomic E-state index is 0.0939. The van der Waals surface area contributed by atoms with Gasteiger partial charge in [0.1, 0.15) is 5.75 Å². The van der Waals surface area contributed by atoms with E-state index in [1.165, 1.54) is 5.56 Å². The number of rotatable bonds is 4. The number of benzene rings is 2. The molecule has 0 spiro atoms. The summed E-state index contributed by atoms with van der Waals surface area (Å²) in [7, 11) is 0. The molecule has 4 nitrogen and oxygen atoms in total. The lowest BCUT2D eigenvalue weighted by Gasteiger charge is -2.20. The lowest BCUT2D eigenvalue weighted by Crippen LogP contribution is -2.30. The molecule has 0 aromatic heterocycles. The molecule has 0 bridgehead atoms. The molecule has 0 aliphatic carbocycles. The first-order valence-electron chi connectivity index (χ1n) is 7.69. The van der Waals surface area contributed by atoms with E-state index < -0.39 is 6.10 Å². The number of hydrogen-bond donors (Lipinski definition) is 2. The largest absolute Gasteiger partial charge is 0.481 e. The summed E-state index contributed by atoms with van der Waals surface area (Å²) < 4.78 is 5.70. The van der Waals surface area contributed by atoms with E-state index in [0.717, 1.165) is 0 Å². The molecule has 1 unspecified atom stereocenters. The predicted molar refractivity (Wildman–Crippen MR) is 94.7 cm³/mol. The van der Waals surface area contributed by atoms with Gasteiger partial charge in [0.15, 0.2) is 6.10 Å². The van der Waals surface area contributed by atoms with Crippen molar-refractivity contribution in [3.63, 3.8) is 0 Å². The van der Waals surface area contributed by atoms with Crippen molar-refractivity contribution < 1.29 is 9.53 Å². The molecule has 23 heavy (non-hydrogen) atoms. The van der Waals surface area contributed by atoms with E-state index in [-0.39, 0.29) is 11.3 Å². The zero-order valence-electron chi connectivity index (χ0n) is 14.1. The molecule has 2 aromatic rings. The Kier molecular flexibility index (Phi) is 4.94. The van der Waals surface area contributed by atoms with Crippen molar-refractivity contribution in [1.82, 2.24) is 0 Å². The van der Waals surface area contributed by atoms with Crippen LogP contribution in [0.4, 0.5) is 11.4 Å². The molecule has 0 saturated carbocycles. The summed E-state index contributed by atoms with van der Waals surface area (Å²) in [6.07, 6.45) is -0.590. The van der Waals surface area contributed by atoms with Crippen LogP contribution in [0.5, 0.6) is 5.75 Å². The number of carbonyl (C=O) groups excluding carboxylic acids is 1. The maximum absolute atomic E-state index is 12.2. The second kappa shape index (κ2) is 6.73. The quantitative estimate of drug-likeness (QED) is 0.840. The van der Waals surface area contributed by atoms with Crippen LogP contribution in [0.2, 0.25) is 0 Å². The maximum atomic E-state index is 12.2. The van der Waals surface area contributed by atoms with Crippen molar-refractivity contribution in [3.05, 3.63) is 54.1 Å². The van der Waals surface area contributed by atoms with Gasteiger partial charge in [-0.05, 0) is 54.3 Å². The van der Waals surface area contributed by atoms with Crippen LogP contribution >= 0.6 is 0 Å². The van der Waals surface area contributed by atoms with Crippen molar-refractivity contribution in [2.24, 2.45) is 0 Å². The van der Waals surface area contributed by atoms with E-state index in [2.05, 4.69) is 26.1 Å². The fraction of sp³-hybridized carbons (Fsp3) is 0.316. The Morgan fingerprint density at radius 3 is 2.13 bits per heavy atom. The molecule has 2 rings (SSSR count). The lowest BCUT2D eigenvalue weighted by molar-refractivity contribution is -0.122. The fourth-order valence-corrected chi connectivity index (χ4v) is 2.10. The van der Waals surface area contributed by atoms with E-state index in [9.17, 15) is 4.79 Å². The van der Waals surface area contributed by atoms with Crippen LogP contribution < -0.4 is 15.8 Å². The van der Waals surface area contributed by atoms with Crippen LogP contribution in [0, 0.1) is 0 Å². The highest BCUT2D eigenvalue weighted by molar-refractivity contribution is 5.94. The molecule has 0 aliphatic rings. The van der Waals surface area contributed by atoms with E-state index in [1.54, 1.807) is 31.2 Å². The molecule has 0 radical (unpaired) electrons. The Hall–Kier alpha value is -2.49. The molecule has 0 aliphatic heterocycles. The van der Waals surface area contributed by atoms with Crippen LogP contribution in [-0.4, -0.2) is 12.0 Å². The van der Waals surface area contributed by atoms with Gasteiger partial charge in [-0.2, -0.15) is 0 Å². The van der Waals surface area contributed by atoms with Crippen molar-refractivity contribution >= 4 is 17.3 Å². The van der Waals surface area contributed by atoms with Crippen molar-refractivity contribution in [2.75, 3.05) is 11.1 Å². The van der Waals surface area contributed by atoms with E-state index in [0.29, 0.717) is 17.1 Å². The molecule has 1 amide bonds. The minimum Gasteiger partial charge on any atom is -0.481 e. The third-order valence-electron chi connectivity index (χ3n) is 3.58. The number of amides is 1. The third kappa shape index (κ3) is 4.74. The first kappa shape index (κ1) is 16.9. The Morgan fingerprint density at radius 1 is 1.04 bits per heavy atom. The van der Waals surface area contributed by atoms with Gasteiger partial charge in [-0.25, -0.2) is 0 Å². The highest BCUT2D eigenvalue weighted by Crippen LogP contribution is 2.24. The average Bonchev–Trinajstić information content (AvgIpc) is 2.49. The molecular weight excluding hydrogens is 288 g/mol. The van der Waals surface area contributed by atoms with Gasteiger partial charge < -0.3 is 15.8 Å². The van der Waals surface area contributed by atoms with Crippen molar-refractivity contribution in [3.8, 4) is 5.75 Å². The zero-order chi connectivity index (χ0) is 17.0. The Labute approximate surface area is 137 Å². The smallest absolute Gasteiger partial charge is 0.265 e. The summed E-state index contributed by atoms with van der Waals surface area (Å²) in [6.45, 7) is 8.20. The molecule has 0 saturated heterocycles. The second-order valence-corrected chi connectivity index (χ2v) is 6.65. The third-order valence-corrected chi connectivity index (χ3v) is 3.58. The van der Waals surface area contributed by atoms with Crippen LogP contribution in [-0.2, 0) is 10.2 Å². The summed E-state index contributed by atoms with van der Waals surface area (Å²) in [5.41, 5.74) is 8.30. The maximum Gasteiger partial charge on any atom is 0.265 e. The predicted octanol–water partition coefficient (Wildman–Crippen LogP) is 3.97. The number of hydrogen-bond acceptors (Lipinski definition) is 3. The van der Waals surface area contributed by atoms with E-state index in [4.69, 9.17) is 10.5 Å². The summed E-state index contributed by atoms with van der Waals surface area (Å²) in [5, 5.41) is 2.81. The number of carbonyl (C=O) groups is 1. The Morgan fingerprint density at radius 2 is 1.61 bits per heavy atom. The summed E-state index contributed by atoms with van der Waals surface area (Å²) in [5.74, 6) is 0.479. The molecule has 0 heterocycles. The normalized spacial score (nSPS) is 12.5. The molecule has 0 fully saturated rings. The van der Waals surface area contributed by atoms with E-state index >= 15 is 0 Å². The highest BCUT2D eigenvalue weighted by Gasteiger charge is 2.16. The number of nitrogen functional groups attached to an aromatic ring is 1. The van der Waals surface area contributed by atoms with Gasteiger partial charge in [0.2, 0.25) is 0 Å². The van der Waals surface area contributed by atoms with Crippen LogP contribution in [0.25, 0.3) is 0 Å². The van der Waals surface area contributed by atoms with Crippen LogP contribution in [0.15, 0.2) is 48.5 Å². The molecule has 3 N–H and O–H groups in total. The number of anilines is 2. The van der Waals surface area contributed by atoms with E-state index in [1.807, 2.05) is 24.3 Å². The molecule has 1 atom stereocenters. The summed E-state index contributed by atoms with van der Waals surface area (Å²) in [4.78, 5) is 12.2. The van der Waals surface area contributed by atoms with Gasteiger partial charge in [0.05, 0.1) is 0 Å². The molecular formula is C19H24N2O2. The molecule has 2 aromatic carbocycles. The molecule has 4 heteroatoms. The zero-order valence-corrected chi connectivity index (χ0v) is 14.1. The first-order chi connectivity index (χ1) is 10.8. The van der Waals surface area contributed by atoms with Crippen molar-refractivity contribution in [2.45, 2.75) is 39.2 Å².